The third-order valence-electron chi connectivity index (χ3n) is 3.90. The molecular formula is C23H22N6O3S. The molecule has 10 heteroatoms. The lowest BCUT2D eigenvalue weighted by Crippen LogP contribution is -2.25. The van der Waals surface area contributed by atoms with Crippen molar-refractivity contribution in [3.8, 4) is 5.88 Å². The summed E-state index contributed by atoms with van der Waals surface area (Å²) in [7, 11) is 0. The summed E-state index contributed by atoms with van der Waals surface area (Å²) >= 11 is 1.14. The fourth-order valence-electron chi connectivity index (χ4n) is 2.42. The van der Waals surface area contributed by atoms with E-state index in [9.17, 15) is 9.59 Å². The maximum absolute atomic E-state index is 12.0. The van der Waals surface area contributed by atoms with E-state index < -0.39 is 5.91 Å². The van der Waals surface area contributed by atoms with E-state index in [0.29, 0.717) is 10.9 Å². The Morgan fingerprint density at radius 2 is 1.48 bits per heavy atom. The number of carbonyl (C=O) groups is 2. The molecule has 0 aliphatic heterocycles. The topological polar surface area (TPSA) is 118 Å². The van der Waals surface area contributed by atoms with Crippen LogP contribution in [0.5, 0.6) is 5.88 Å². The van der Waals surface area contributed by atoms with E-state index in [-0.39, 0.29) is 24.1 Å². The van der Waals surface area contributed by atoms with Crippen LogP contribution in [0.1, 0.15) is 16.8 Å². The van der Waals surface area contributed by atoms with Crippen LogP contribution in [0.4, 0.5) is 0 Å². The summed E-state index contributed by atoms with van der Waals surface area (Å²) in [6.45, 7) is 1.51. The first kappa shape index (κ1) is 23.6. The first-order valence-corrected chi connectivity index (χ1v) is 10.9. The van der Waals surface area contributed by atoms with Gasteiger partial charge in [0.25, 0.3) is 11.8 Å². The Morgan fingerprint density at radius 1 is 0.909 bits per heavy atom. The van der Waals surface area contributed by atoms with Crippen LogP contribution in [0.2, 0.25) is 0 Å². The molecule has 0 bridgehead atoms. The van der Waals surface area contributed by atoms with Gasteiger partial charge in [-0.25, -0.2) is 15.8 Å². The standard InChI is InChI=1S/C23H22N6O3S/c1-17-12-22(32-15-20(30)28-24-13-18-8-4-2-5-9-18)27-23(26-17)33-16-21(31)29-25-14-19-10-6-3-7-11-19/h2-14H,15-16H2,1H3,(H,28,30)(H,29,31)/b24-13-,25-14?. The van der Waals surface area contributed by atoms with Crippen molar-refractivity contribution in [2.45, 2.75) is 12.1 Å². The molecule has 0 radical (unpaired) electrons. The summed E-state index contributed by atoms with van der Waals surface area (Å²) in [5.74, 6) is -0.419. The van der Waals surface area contributed by atoms with Crippen LogP contribution >= 0.6 is 11.8 Å². The molecule has 0 spiro atoms. The number of ether oxygens (including phenoxy) is 1. The summed E-state index contributed by atoms with van der Waals surface area (Å²) in [4.78, 5) is 32.4. The first-order chi connectivity index (χ1) is 16.1. The van der Waals surface area contributed by atoms with Crippen molar-refractivity contribution < 1.29 is 14.3 Å². The Bertz CT molecular complexity index is 1040. The van der Waals surface area contributed by atoms with Crippen LogP contribution in [0.25, 0.3) is 0 Å². The van der Waals surface area contributed by atoms with Crippen LogP contribution in [0.3, 0.4) is 0 Å². The molecule has 1 heterocycles. The second kappa shape index (κ2) is 12.7. The van der Waals surface area contributed by atoms with Crippen molar-refractivity contribution in [1.29, 1.82) is 0 Å². The van der Waals surface area contributed by atoms with Crippen LogP contribution in [-0.4, -0.2) is 46.6 Å². The van der Waals surface area contributed by atoms with E-state index in [2.05, 4.69) is 31.0 Å². The molecule has 2 amide bonds. The van der Waals surface area contributed by atoms with Crippen molar-refractivity contribution in [3.63, 3.8) is 0 Å². The third kappa shape index (κ3) is 8.91. The largest absolute Gasteiger partial charge is 0.467 e. The van der Waals surface area contributed by atoms with Gasteiger partial charge < -0.3 is 4.74 Å². The molecule has 0 aliphatic carbocycles. The number of rotatable bonds is 10. The highest BCUT2D eigenvalue weighted by Crippen LogP contribution is 2.17. The number of thioether (sulfide) groups is 1. The number of amides is 2. The van der Waals surface area contributed by atoms with Gasteiger partial charge in [-0.15, -0.1) is 0 Å². The first-order valence-electron chi connectivity index (χ1n) is 9.94. The van der Waals surface area contributed by atoms with E-state index in [1.807, 2.05) is 60.7 Å². The van der Waals surface area contributed by atoms with Gasteiger partial charge in [0.1, 0.15) is 0 Å². The van der Waals surface area contributed by atoms with E-state index in [0.717, 1.165) is 22.9 Å². The highest BCUT2D eigenvalue weighted by molar-refractivity contribution is 7.99. The van der Waals surface area contributed by atoms with Gasteiger partial charge in [-0.3, -0.25) is 9.59 Å². The summed E-state index contributed by atoms with van der Waals surface area (Å²) in [5.41, 5.74) is 7.24. The smallest absolute Gasteiger partial charge is 0.278 e. The summed E-state index contributed by atoms with van der Waals surface area (Å²) in [6, 6.07) is 20.4. The SMILES string of the molecule is Cc1cc(OCC(=O)N/N=C\c2ccccc2)nc(SCC(=O)NN=Cc2ccccc2)n1. The Kier molecular flexibility index (Phi) is 9.10. The molecule has 2 aromatic carbocycles. The van der Waals surface area contributed by atoms with E-state index in [4.69, 9.17) is 4.74 Å². The number of hydrazone groups is 2. The average Bonchev–Trinajstić information content (AvgIpc) is 2.82. The number of nitrogens with zero attached hydrogens (tertiary/aromatic N) is 4. The van der Waals surface area contributed by atoms with E-state index >= 15 is 0 Å². The fraction of sp³-hybridized carbons (Fsp3) is 0.130. The van der Waals surface area contributed by atoms with Gasteiger partial charge in [0.05, 0.1) is 18.2 Å². The zero-order valence-corrected chi connectivity index (χ0v) is 18.7. The molecule has 9 nitrogen and oxygen atoms in total. The molecule has 3 rings (SSSR count). The van der Waals surface area contributed by atoms with Crippen LogP contribution in [0, 0.1) is 6.92 Å². The predicted octanol–water partition coefficient (Wildman–Crippen LogP) is 2.56. The average molecular weight is 463 g/mol. The van der Waals surface area contributed by atoms with Crippen LogP contribution < -0.4 is 15.6 Å². The molecular weight excluding hydrogens is 440 g/mol. The minimum Gasteiger partial charge on any atom is -0.467 e. The minimum absolute atomic E-state index is 0.0731. The molecule has 2 N–H and O–H groups in total. The molecule has 1 aromatic heterocycles. The van der Waals surface area contributed by atoms with Crippen molar-refractivity contribution in [2.75, 3.05) is 12.4 Å². The number of aryl methyl sites for hydroxylation is 1. The zero-order valence-electron chi connectivity index (χ0n) is 17.8. The Balaban J connectivity index is 1.43. The Labute approximate surface area is 195 Å². The monoisotopic (exact) mass is 462 g/mol. The third-order valence-corrected chi connectivity index (χ3v) is 4.75. The van der Waals surface area contributed by atoms with Crippen LogP contribution in [-0.2, 0) is 9.59 Å². The van der Waals surface area contributed by atoms with Crippen molar-refractivity contribution in [3.05, 3.63) is 83.6 Å². The lowest BCUT2D eigenvalue weighted by molar-refractivity contribution is -0.123. The summed E-state index contributed by atoms with van der Waals surface area (Å²) in [5, 5.41) is 8.16. The van der Waals surface area contributed by atoms with E-state index in [1.54, 1.807) is 19.2 Å². The Hall–Kier alpha value is -4.05. The number of nitrogens with one attached hydrogen (secondary N) is 2. The zero-order chi connectivity index (χ0) is 23.3. The van der Waals surface area contributed by atoms with Gasteiger partial charge >= 0.3 is 0 Å². The van der Waals surface area contributed by atoms with E-state index in [1.165, 1.54) is 6.21 Å². The lowest BCUT2D eigenvalue weighted by atomic mass is 10.2. The second-order valence-corrected chi connectivity index (χ2v) is 7.56. The van der Waals surface area contributed by atoms with Crippen molar-refractivity contribution in [1.82, 2.24) is 20.8 Å². The number of carbonyl (C=O) groups excluding carboxylic acids is 2. The van der Waals surface area contributed by atoms with Crippen molar-refractivity contribution >= 4 is 36.0 Å². The molecule has 0 unspecified atom stereocenters. The number of hydrogen-bond acceptors (Lipinski definition) is 8. The van der Waals surface area contributed by atoms with Gasteiger partial charge in [0.2, 0.25) is 5.88 Å². The minimum atomic E-state index is -0.427. The number of aromatic nitrogens is 2. The molecule has 0 saturated heterocycles. The van der Waals surface area contributed by atoms with Crippen LogP contribution in [0.15, 0.2) is 82.1 Å². The maximum Gasteiger partial charge on any atom is 0.278 e. The van der Waals surface area contributed by atoms with Gasteiger partial charge in [-0.1, -0.05) is 72.4 Å². The molecule has 0 saturated carbocycles. The molecule has 33 heavy (non-hydrogen) atoms. The maximum atomic E-state index is 12.0. The van der Waals surface area contributed by atoms with Crippen molar-refractivity contribution in [2.24, 2.45) is 10.2 Å². The lowest BCUT2D eigenvalue weighted by Gasteiger charge is -2.07. The molecule has 0 aliphatic rings. The van der Waals surface area contributed by atoms with Gasteiger partial charge in [-0.2, -0.15) is 15.2 Å². The molecule has 0 fully saturated rings. The summed E-state index contributed by atoms with van der Waals surface area (Å²) < 4.78 is 5.44. The number of benzene rings is 2. The molecule has 0 atom stereocenters. The van der Waals surface area contributed by atoms with Gasteiger partial charge in [0.15, 0.2) is 11.8 Å². The number of hydrogen-bond donors (Lipinski definition) is 2. The van der Waals surface area contributed by atoms with Gasteiger partial charge in [-0.05, 0) is 18.1 Å². The Morgan fingerprint density at radius 3 is 2.09 bits per heavy atom. The predicted molar refractivity (Wildman–Crippen MR) is 127 cm³/mol. The van der Waals surface area contributed by atoms with Gasteiger partial charge in [0, 0.05) is 11.8 Å². The normalized spacial score (nSPS) is 10.9. The second-order valence-electron chi connectivity index (χ2n) is 6.62. The summed E-state index contributed by atoms with van der Waals surface area (Å²) in [6.07, 6.45) is 3.10. The molecule has 3 aromatic rings. The highest BCUT2D eigenvalue weighted by atomic mass is 32.2. The quantitative estimate of drug-likeness (QED) is 0.207. The molecule has 168 valence electrons. The highest BCUT2D eigenvalue weighted by Gasteiger charge is 2.09. The fourth-order valence-corrected chi connectivity index (χ4v) is 3.11.